The fourth-order valence-corrected chi connectivity index (χ4v) is 1.98. The fraction of sp³-hybridized carbons (Fsp3) is 0.778. The van der Waals surface area contributed by atoms with Gasteiger partial charge >= 0.3 is 4.84 Å². The summed E-state index contributed by atoms with van der Waals surface area (Å²) in [5.74, 6) is 0.678. The van der Waals surface area contributed by atoms with Crippen LogP contribution in [0.15, 0.2) is 4.52 Å². The highest BCUT2D eigenvalue weighted by molar-refractivity contribution is 7.71. The quantitative estimate of drug-likeness (QED) is 0.802. The average molecular weight is 230 g/mol. The van der Waals surface area contributed by atoms with Gasteiger partial charge in [-0.3, -0.25) is 0 Å². The van der Waals surface area contributed by atoms with E-state index in [0.29, 0.717) is 25.6 Å². The number of H-pyrrole nitrogens is 1. The minimum atomic E-state index is -0.409. The van der Waals surface area contributed by atoms with Crippen LogP contribution < -0.4 is 0 Å². The zero-order chi connectivity index (χ0) is 10.7. The molecule has 0 aliphatic carbocycles. The van der Waals surface area contributed by atoms with Crippen LogP contribution in [0.5, 0.6) is 0 Å². The van der Waals surface area contributed by atoms with Gasteiger partial charge in [0.1, 0.15) is 5.60 Å². The van der Waals surface area contributed by atoms with Gasteiger partial charge in [0.2, 0.25) is 0 Å². The molecule has 2 rings (SSSR count). The van der Waals surface area contributed by atoms with Gasteiger partial charge in [0, 0.05) is 32.7 Å². The number of ether oxygens (including phenoxy) is 2. The van der Waals surface area contributed by atoms with Crippen molar-refractivity contribution in [3.8, 4) is 0 Å². The molecule has 15 heavy (non-hydrogen) atoms. The molecule has 1 aliphatic rings. The van der Waals surface area contributed by atoms with Crippen LogP contribution in [0.2, 0.25) is 0 Å². The Bertz CT molecular complexity index is 362. The normalized spacial score (nSPS) is 20.3. The van der Waals surface area contributed by atoms with Crippen molar-refractivity contribution in [2.24, 2.45) is 0 Å². The van der Waals surface area contributed by atoms with E-state index in [1.165, 1.54) is 0 Å². The molecule has 1 saturated heterocycles. The van der Waals surface area contributed by atoms with Gasteiger partial charge < -0.3 is 14.0 Å². The summed E-state index contributed by atoms with van der Waals surface area (Å²) >= 11 is 4.84. The van der Waals surface area contributed by atoms with Gasteiger partial charge in [-0.05, 0) is 19.1 Å². The van der Waals surface area contributed by atoms with Crippen molar-refractivity contribution >= 4 is 12.2 Å². The van der Waals surface area contributed by atoms with Crippen molar-refractivity contribution in [3.05, 3.63) is 10.7 Å². The van der Waals surface area contributed by atoms with E-state index in [0.717, 1.165) is 12.8 Å². The van der Waals surface area contributed by atoms with E-state index in [4.69, 9.17) is 26.2 Å². The molecule has 1 fully saturated rings. The van der Waals surface area contributed by atoms with E-state index < -0.39 is 5.60 Å². The average Bonchev–Trinajstić information content (AvgIpc) is 2.67. The summed E-state index contributed by atoms with van der Waals surface area (Å²) in [6, 6.07) is 0. The van der Waals surface area contributed by atoms with Crippen LogP contribution in [0.1, 0.15) is 25.6 Å². The van der Waals surface area contributed by atoms with Gasteiger partial charge in [0.15, 0.2) is 5.82 Å². The van der Waals surface area contributed by atoms with Crippen molar-refractivity contribution in [2.45, 2.75) is 25.4 Å². The molecule has 0 spiro atoms. The molecule has 0 radical (unpaired) electrons. The molecular weight excluding hydrogens is 216 g/mol. The van der Waals surface area contributed by atoms with Crippen LogP contribution in [0.25, 0.3) is 0 Å². The van der Waals surface area contributed by atoms with E-state index in [1.54, 1.807) is 0 Å². The van der Waals surface area contributed by atoms with Crippen LogP contribution in [-0.4, -0.2) is 30.0 Å². The van der Waals surface area contributed by atoms with Gasteiger partial charge in [0.05, 0.1) is 0 Å². The second-order valence-corrected chi connectivity index (χ2v) is 3.82. The molecule has 0 amide bonds. The Morgan fingerprint density at radius 1 is 1.53 bits per heavy atom. The molecule has 0 bridgehead atoms. The number of aromatic nitrogens is 2. The molecule has 84 valence electrons. The SMILES string of the molecule is CCOC1(c2nc(=S)o[nH]2)CCOCC1. The zero-order valence-corrected chi connectivity index (χ0v) is 9.43. The second-order valence-electron chi connectivity index (χ2n) is 3.47. The topological polar surface area (TPSA) is 60.3 Å². The largest absolute Gasteiger partial charge is 0.381 e. The summed E-state index contributed by atoms with van der Waals surface area (Å²) in [6.07, 6.45) is 1.55. The summed E-state index contributed by atoms with van der Waals surface area (Å²) in [5, 5.41) is 2.73. The molecule has 1 aromatic rings. The Labute approximate surface area is 92.8 Å². The highest BCUT2D eigenvalue weighted by Gasteiger charge is 2.38. The molecule has 0 saturated carbocycles. The van der Waals surface area contributed by atoms with Crippen LogP contribution in [-0.2, 0) is 15.1 Å². The maximum atomic E-state index is 5.79. The third kappa shape index (κ3) is 2.11. The number of nitrogens with zero attached hydrogens (tertiary/aromatic N) is 1. The maximum absolute atomic E-state index is 5.79. The van der Waals surface area contributed by atoms with E-state index in [1.807, 2.05) is 6.92 Å². The Hall–Kier alpha value is -0.720. The van der Waals surface area contributed by atoms with E-state index >= 15 is 0 Å². The molecule has 1 N–H and O–H groups in total. The Balaban J connectivity index is 2.28. The van der Waals surface area contributed by atoms with E-state index in [9.17, 15) is 0 Å². The third-order valence-electron chi connectivity index (χ3n) is 2.59. The van der Waals surface area contributed by atoms with Crippen LogP contribution in [0.3, 0.4) is 0 Å². The minimum absolute atomic E-state index is 0.218. The standard InChI is InChI=1S/C9H14N2O3S/c1-2-13-9(3-5-12-6-4-9)7-10-8(15)14-11-7/h2-6H2,1H3,(H,10,11,15). The molecule has 2 heterocycles. The van der Waals surface area contributed by atoms with Crippen LogP contribution >= 0.6 is 12.2 Å². The van der Waals surface area contributed by atoms with Crippen molar-refractivity contribution in [3.63, 3.8) is 0 Å². The smallest absolute Gasteiger partial charge is 0.314 e. The highest BCUT2D eigenvalue weighted by atomic mass is 32.1. The van der Waals surface area contributed by atoms with E-state index in [2.05, 4.69) is 10.1 Å². The third-order valence-corrected chi connectivity index (χ3v) is 2.77. The van der Waals surface area contributed by atoms with Crippen LogP contribution in [0.4, 0.5) is 0 Å². The van der Waals surface area contributed by atoms with Gasteiger partial charge in [0.25, 0.3) is 0 Å². The summed E-state index contributed by atoms with van der Waals surface area (Å²) in [6.45, 7) is 3.94. The first-order valence-corrected chi connectivity index (χ1v) is 5.45. The molecule has 1 aromatic heterocycles. The lowest BCUT2D eigenvalue weighted by molar-refractivity contribution is -0.118. The number of hydrogen-bond acceptors (Lipinski definition) is 5. The Kier molecular flexibility index (Phi) is 3.18. The van der Waals surface area contributed by atoms with Crippen molar-refractivity contribution in [1.82, 2.24) is 10.1 Å². The molecule has 0 aromatic carbocycles. The summed E-state index contributed by atoms with van der Waals surface area (Å²) in [7, 11) is 0. The second kappa shape index (κ2) is 4.42. The number of rotatable bonds is 3. The summed E-state index contributed by atoms with van der Waals surface area (Å²) in [4.78, 5) is 4.36. The molecule has 1 aliphatic heterocycles. The Morgan fingerprint density at radius 3 is 2.80 bits per heavy atom. The summed E-state index contributed by atoms with van der Waals surface area (Å²) < 4.78 is 16.1. The van der Waals surface area contributed by atoms with Crippen LogP contribution in [0, 0.1) is 4.84 Å². The van der Waals surface area contributed by atoms with Gasteiger partial charge in [-0.1, -0.05) is 0 Å². The van der Waals surface area contributed by atoms with Gasteiger partial charge in [-0.2, -0.15) is 4.98 Å². The minimum Gasteiger partial charge on any atom is -0.381 e. The molecule has 6 heteroatoms. The molecule has 0 atom stereocenters. The van der Waals surface area contributed by atoms with Gasteiger partial charge in [-0.15, -0.1) is 0 Å². The first-order valence-electron chi connectivity index (χ1n) is 5.04. The first-order chi connectivity index (χ1) is 7.27. The van der Waals surface area contributed by atoms with E-state index in [-0.39, 0.29) is 4.84 Å². The zero-order valence-electron chi connectivity index (χ0n) is 8.62. The van der Waals surface area contributed by atoms with Crippen molar-refractivity contribution in [1.29, 1.82) is 0 Å². The lowest BCUT2D eigenvalue weighted by Gasteiger charge is -2.34. The summed E-state index contributed by atoms with van der Waals surface area (Å²) in [5.41, 5.74) is -0.409. The first kappa shape index (κ1) is 10.8. The monoisotopic (exact) mass is 230 g/mol. The lowest BCUT2D eigenvalue weighted by atomic mass is 9.93. The molecule has 5 nitrogen and oxygen atoms in total. The predicted octanol–water partition coefficient (Wildman–Crippen LogP) is 1.77. The maximum Gasteiger partial charge on any atom is 0.314 e. The highest BCUT2D eigenvalue weighted by Crippen LogP contribution is 2.33. The molecular formula is C9H14N2O3S. The Morgan fingerprint density at radius 2 is 2.27 bits per heavy atom. The lowest BCUT2D eigenvalue weighted by Crippen LogP contribution is -2.37. The van der Waals surface area contributed by atoms with Crippen molar-refractivity contribution in [2.75, 3.05) is 19.8 Å². The predicted molar refractivity (Wildman–Crippen MR) is 55.0 cm³/mol. The van der Waals surface area contributed by atoms with Crippen molar-refractivity contribution < 1.29 is 14.0 Å². The number of hydrogen-bond donors (Lipinski definition) is 1. The number of aromatic amines is 1. The number of nitrogens with one attached hydrogen (secondary N) is 1. The molecule has 0 unspecified atom stereocenters. The van der Waals surface area contributed by atoms with Gasteiger partial charge in [-0.25, -0.2) is 5.16 Å². The fourth-order valence-electron chi connectivity index (χ4n) is 1.85.